The first-order valence-electron chi connectivity index (χ1n) is 8.65. The zero-order valence-electron chi connectivity index (χ0n) is 13.9. The molecule has 1 saturated heterocycles. The van der Waals surface area contributed by atoms with Crippen LogP contribution in [-0.2, 0) is 11.8 Å². The van der Waals surface area contributed by atoms with Crippen molar-refractivity contribution in [3.8, 4) is 0 Å². The van der Waals surface area contributed by atoms with Gasteiger partial charge in [-0.25, -0.2) is 0 Å². The number of rotatable bonds is 5. The first kappa shape index (κ1) is 15.4. The summed E-state index contributed by atoms with van der Waals surface area (Å²) in [4.78, 5) is 12.6. The smallest absolute Gasteiger partial charge is 0.269 e. The molecule has 2 fully saturated rings. The minimum Gasteiger partial charge on any atom is -0.372 e. The Bertz CT molecular complexity index is 718. The minimum absolute atomic E-state index is 0.00524. The molecule has 0 spiro atoms. The van der Waals surface area contributed by atoms with Gasteiger partial charge in [0.15, 0.2) is 0 Å². The molecule has 1 aliphatic heterocycles. The van der Waals surface area contributed by atoms with E-state index in [1.807, 2.05) is 22.5 Å². The largest absolute Gasteiger partial charge is 0.372 e. The molecule has 0 unspecified atom stereocenters. The fourth-order valence-electron chi connectivity index (χ4n) is 3.56. The maximum atomic E-state index is 12.6. The predicted molar refractivity (Wildman–Crippen MR) is 87.5 cm³/mol. The summed E-state index contributed by atoms with van der Waals surface area (Å²) in [5, 5.41) is 11.6. The lowest BCUT2D eigenvalue weighted by Crippen LogP contribution is -2.33. The Morgan fingerprint density at radius 3 is 2.83 bits per heavy atom. The monoisotopic (exact) mass is 329 g/mol. The van der Waals surface area contributed by atoms with Crippen LogP contribution < -0.4 is 5.32 Å². The normalized spacial score (nSPS) is 24.0. The number of hydrogen-bond acceptors (Lipinski definition) is 4. The number of nitrogens with zero attached hydrogens (tertiary/aromatic N) is 4. The van der Waals surface area contributed by atoms with Gasteiger partial charge in [0.2, 0.25) is 0 Å². The van der Waals surface area contributed by atoms with Crippen molar-refractivity contribution in [2.75, 3.05) is 13.2 Å². The van der Waals surface area contributed by atoms with Crippen LogP contribution in [0.15, 0.2) is 24.5 Å². The summed E-state index contributed by atoms with van der Waals surface area (Å²) in [6.45, 7) is 1.32. The van der Waals surface area contributed by atoms with Crippen molar-refractivity contribution < 1.29 is 9.53 Å². The Morgan fingerprint density at radius 1 is 1.29 bits per heavy atom. The molecule has 2 aromatic rings. The van der Waals surface area contributed by atoms with Crippen molar-refractivity contribution in [1.82, 2.24) is 24.9 Å². The maximum absolute atomic E-state index is 12.6. The lowest BCUT2D eigenvalue weighted by molar-refractivity contribution is 0.0795. The molecule has 7 nitrogen and oxygen atoms in total. The highest BCUT2D eigenvalue weighted by Crippen LogP contribution is 2.34. The number of aromatic nitrogens is 4. The lowest BCUT2D eigenvalue weighted by atomic mass is 9.93. The number of ether oxygens (including phenoxy) is 1. The van der Waals surface area contributed by atoms with Crippen LogP contribution in [-0.4, -0.2) is 38.6 Å². The number of aryl methyl sites for hydroxylation is 1. The van der Waals surface area contributed by atoms with Crippen molar-refractivity contribution in [2.45, 2.75) is 37.8 Å². The van der Waals surface area contributed by atoms with Crippen LogP contribution in [0.2, 0.25) is 0 Å². The summed E-state index contributed by atoms with van der Waals surface area (Å²) in [7, 11) is 1.92. The van der Waals surface area contributed by atoms with Crippen LogP contribution in [0.25, 0.3) is 0 Å². The number of nitrogens with one attached hydrogen (secondary N) is 1. The highest BCUT2D eigenvalue weighted by molar-refractivity contribution is 5.92. The second-order valence-corrected chi connectivity index (χ2v) is 6.68. The van der Waals surface area contributed by atoms with E-state index in [0.29, 0.717) is 18.3 Å². The van der Waals surface area contributed by atoms with Gasteiger partial charge in [0.05, 0.1) is 11.7 Å². The summed E-state index contributed by atoms with van der Waals surface area (Å²) in [6.07, 6.45) is 7.88. The number of hydrogen-bond donors (Lipinski definition) is 1. The molecule has 24 heavy (non-hydrogen) atoms. The summed E-state index contributed by atoms with van der Waals surface area (Å²) in [5.41, 5.74) is 1.72. The van der Waals surface area contributed by atoms with Crippen molar-refractivity contribution in [3.63, 3.8) is 0 Å². The van der Waals surface area contributed by atoms with Gasteiger partial charge in [0.25, 0.3) is 5.91 Å². The average Bonchev–Trinajstić information content (AvgIpc) is 3.23. The van der Waals surface area contributed by atoms with E-state index in [-0.39, 0.29) is 17.9 Å². The molecule has 1 amide bonds. The zero-order valence-corrected chi connectivity index (χ0v) is 13.9. The second kappa shape index (κ2) is 6.39. The van der Waals surface area contributed by atoms with Gasteiger partial charge in [0.1, 0.15) is 11.8 Å². The molecule has 3 heterocycles. The van der Waals surface area contributed by atoms with Gasteiger partial charge in [-0.15, -0.1) is 0 Å². The highest BCUT2D eigenvalue weighted by Gasteiger charge is 2.32. The first-order valence-corrected chi connectivity index (χ1v) is 8.65. The molecular formula is C17H23N5O2. The first-order chi connectivity index (χ1) is 11.7. The van der Waals surface area contributed by atoms with E-state index >= 15 is 0 Å². The Balaban J connectivity index is 1.40. The minimum atomic E-state index is -0.0462. The van der Waals surface area contributed by atoms with Gasteiger partial charge in [-0.2, -0.15) is 10.2 Å². The lowest BCUT2D eigenvalue weighted by Gasteiger charge is -2.27. The predicted octanol–water partition coefficient (Wildman–Crippen LogP) is 1.85. The molecule has 0 bridgehead atoms. The Hall–Kier alpha value is -2.15. The van der Waals surface area contributed by atoms with E-state index < -0.39 is 0 Å². The second-order valence-electron chi connectivity index (χ2n) is 6.68. The van der Waals surface area contributed by atoms with Crippen LogP contribution in [0.1, 0.15) is 54.0 Å². The van der Waals surface area contributed by atoms with E-state index in [0.717, 1.165) is 31.6 Å². The van der Waals surface area contributed by atoms with E-state index in [4.69, 9.17) is 4.74 Å². The van der Waals surface area contributed by atoms with E-state index in [2.05, 4.69) is 15.5 Å². The highest BCUT2D eigenvalue weighted by atomic mass is 16.5. The average molecular weight is 329 g/mol. The summed E-state index contributed by atoms with van der Waals surface area (Å²) < 4.78 is 9.59. The Kier molecular flexibility index (Phi) is 4.10. The molecule has 7 heteroatoms. The Morgan fingerprint density at radius 2 is 2.12 bits per heavy atom. The molecule has 128 valence electrons. The topological polar surface area (TPSA) is 74.0 Å². The number of carbonyl (C=O) groups excluding carboxylic acids is 1. The van der Waals surface area contributed by atoms with Gasteiger partial charge in [0, 0.05) is 38.5 Å². The van der Waals surface area contributed by atoms with Crippen molar-refractivity contribution in [3.05, 3.63) is 35.9 Å². The summed E-state index contributed by atoms with van der Waals surface area (Å²) in [6, 6.07) is 4.17. The van der Waals surface area contributed by atoms with Gasteiger partial charge in [-0.05, 0) is 37.8 Å². The maximum Gasteiger partial charge on any atom is 0.269 e. The molecule has 2 atom stereocenters. The molecule has 4 rings (SSSR count). The van der Waals surface area contributed by atoms with Gasteiger partial charge in [-0.3, -0.25) is 14.2 Å². The number of carbonyl (C=O) groups is 1. The quantitative estimate of drug-likeness (QED) is 0.908. The third kappa shape index (κ3) is 2.73. The molecular weight excluding hydrogens is 306 g/mol. The number of amides is 1. The van der Waals surface area contributed by atoms with Crippen molar-refractivity contribution in [1.29, 1.82) is 0 Å². The molecule has 2 aromatic heterocycles. The molecule has 0 aromatic carbocycles. The summed E-state index contributed by atoms with van der Waals surface area (Å²) in [5.74, 6) is 0.222. The third-order valence-electron chi connectivity index (χ3n) is 5.21. The van der Waals surface area contributed by atoms with Crippen LogP contribution >= 0.6 is 0 Å². The Labute approximate surface area is 141 Å². The van der Waals surface area contributed by atoms with Crippen LogP contribution in [0, 0.1) is 5.92 Å². The molecule has 1 aliphatic carbocycles. The third-order valence-corrected chi connectivity index (χ3v) is 5.21. The fraction of sp³-hybridized carbons (Fsp3) is 0.588. The van der Waals surface area contributed by atoms with E-state index in [1.54, 1.807) is 18.5 Å². The van der Waals surface area contributed by atoms with Gasteiger partial charge in [-0.1, -0.05) is 0 Å². The van der Waals surface area contributed by atoms with E-state index in [1.165, 1.54) is 6.42 Å². The van der Waals surface area contributed by atoms with Crippen LogP contribution in [0.4, 0.5) is 0 Å². The molecule has 0 radical (unpaired) electrons. The fourth-order valence-corrected chi connectivity index (χ4v) is 3.56. The SMILES string of the molecule is Cn1nccc1[C@@H]1OCC[C@H]1CNC(=O)c1ccnn1C1CCC1. The standard InChI is InChI=1S/C17H23N5O2/c1-21-14(5-8-19-21)16-12(7-10-24-16)11-18-17(23)15-6-9-20-22(15)13-3-2-4-13/h5-6,8-9,12-13,16H,2-4,7,10-11H2,1H3,(H,18,23)/t12-,16+/m0/s1. The van der Waals surface area contributed by atoms with Crippen LogP contribution in [0.5, 0.6) is 0 Å². The summed E-state index contributed by atoms with van der Waals surface area (Å²) >= 11 is 0. The zero-order chi connectivity index (χ0) is 16.5. The molecule has 1 N–H and O–H groups in total. The van der Waals surface area contributed by atoms with Gasteiger partial charge < -0.3 is 10.1 Å². The molecule has 2 aliphatic rings. The van der Waals surface area contributed by atoms with Crippen LogP contribution in [0.3, 0.4) is 0 Å². The van der Waals surface area contributed by atoms with Gasteiger partial charge >= 0.3 is 0 Å². The van der Waals surface area contributed by atoms with Crippen molar-refractivity contribution >= 4 is 5.91 Å². The van der Waals surface area contributed by atoms with E-state index in [9.17, 15) is 4.79 Å². The molecule has 1 saturated carbocycles. The van der Waals surface area contributed by atoms with Crippen molar-refractivity contribution in [2.24, 2.45) is 13.0 Å².